The van der Waals surface area contributed by atoms with Crippen molar-refractivity contribution in [3.8, 4) is 0 Å². The van der Waals surface area contributed by atoms with E-state index in [1.54, 1.807) is 18.2 Å². The molecule has 0 spiro atoms. The average Bonchev–Trinajstić information content (AvgIpc) is 2.97. The molecule has 1 atom stereocenters. The smallest absolute Gasteiger partial charge is 0.407 e. The van der Waals surface area contributed by atoms with Gasteiger partial charge in [0, 0.05) is 36.4 Å². The molecule has 12 nitrogen and oxygen atoms in total. The highest BCUT2D eigenvalue weighted by atomic mass is 32.2. The lowest BCUT2D eigenvalue weighted by molar-refractivity contribution is -0.138. The van der Waals surface area contributed by atoms with Crippen molar-refractivity contribution in [2.24, 2.45) is 0 Å². The number of amides is 2. The predicted octanol–water partition coefficient (Wildman–Crippen LogP) is 1.89. The Morgan fingerprint density at radius 3 is 2.24 bits per heavy atom. The number of benzene rings is 2. The lowest BCUT2D eigenvalue weighted by Crippen LogP contribution is -2.48. The van der Waals surface area contributed by atoms with E-state index in [4.69, 9.17) is 4.74 Å². The van der Waals surface area contributed by atoms with Crippen LogP contribution in [-0.2, 0) is 32.7 Å². The van der Waals surface area contributed by atoms with Crippen LogP contribution >= 0.6 is 0 Å². The highest BCUT2D eigenvalue weighted by molar-refractivity contribution is 7.89. The van der Waals surface area contributed by atoms with E-state index < -0.39 is 46.1 Å². The number of hydrogen-bond donors (Lipinski definition) is 4. The highest BCUT2D eigenvalue weighted by Gasteiger charge is 2.26. The zero-order valence-electron chi connectivity index (χ0n) is 21.5. The number of rotatable bonds is 11. The maximum atomic E-state index is 12.7. The van der Waals surface area contributed by atoms with Gasteiger partial charge < -0.3 is 20.5 Å². The minimum absolute atomic E-state index is 0.0413. The van der Waals surface area contributed by atoms with E-state index in [9.17, 15) is 32.7 Å². The number of carbonyl (C=O) groups excluding carboxylic acids is 2. The van der Waals surface area contributed by atoms with Crippen molar-refractivity contribution in [3.05, 3.63) is 118 Å². The van der Waals surface area contributed by atoms with Crippen LogP contribution in [0.2, 0.25) is 0 Å². The van der Waals surface area contributed by atoms with Gasteiger partial charge in [-0.15, -0.1) is 0 Å². The second-order valence-electron chi connectivity index (χ2n) is 8.86. The van der Waals surface area contributed by atoms with Crippen LogP contribution in [0.5, 0.6) is 0 Å². The van der Waals surface area contributed by atoms with Crippen LogP contribution in [0.1, 0.15) is 21.5 Å². The summed E-state index contributed by atoms with van der Waals surface area (Å²) in [5.74, 6) is -2.25. The number of sulfonamides is 1. The first-order valence-electron chi connectivity index (χ1n) is 12.3. The first-order chi connectivity index (χ1) is 19.6. The van der Waals surface area contributed by atoms with Crippen LogP contribution in [0, 0.1) is 0 Å². The summed E-state index contributed by atoms with van der Waals surface area (Å²) in [6, 6.07) is 20.5. The number of carbonyl (C=O) groups is 3. The summed E-state index contributed by atoms with van der Waals surface area (Å²) in [5, 5.41) is 14.4. The van der Waals surface area contributed by atoms with Crippen LogP contribution in [0.3, 0.4) is 0 Å². The molecule has 0 aliphatic rings. The number of nitrogens with zero attached hydrogens (tertiary/aromatic N) is 1. The minimum Gasteiger partial charge on any atom is -0.480 e. The number of fused-ring (bicyclic) bond motifs is 1. The zero-order valence-corrected chi connectivity index (χ0v) is 22.3. The normalized spacial score (nSPS) is 11.9. The van der Waals surface area contributed by atoms with Crippen molar-refractivity contribution in [2.75, 3.05) is 6.54 Å². The first kappa shape index (κ1) is 29.0. The lowest BCUT2D eigenvalue weighted by atomic mass is 10.2. The third-order valence-corrected chi connectivity index (χ3v) is 7.38. The molecule has 0 radical (unpaired) electrons. The molecular formula is C28H26N4O8S. The molecule has 0 unspecified atom stereocenters. The summed E-state index contributed by atoms with van der Waals surface area (Å²) < 4.78 is 33.5. The maximum absolute atomic E-state index is 12.7. The van der Waals surface area contributed by atoms with Crippen molar-refractivity contribution in [1.82, 2.24) is 19.8 Å². The Hall–Kier alpha value is -5.01. The number of nitrogens with one attached hydrogen (secondary N) is 3. The SMILES string of the molecule is O=C(NCc1ccc2cc(C(=O)NC[C@H](NS(=O)(=O)c3ccccc3)C(=O)O)cc(=O)n2c1)OCc1ccccc1. The third-order valence-electron chi connectivity index (χ3n) is 5.89. The molecule has 4 N–H and O–H groups in total. The number of hydrogen-bond acceptors (Lipinski definition) is 7. The van der Waals surface area contributed by atoms with E-state index in [-0.39, 0.29) is 23.6 Å². The van der Waals surface area contributed by atoms with Gasteiger partial charge in [-0.05, 0) is 35.4 Å². The van der Waals surface area contributed by atoms with Gasteiger partial charge in [0.2, 0.25) is 10.0 Å². The summed E-state index contributed by atoms with van der Waals surface area (Å²) in [6.45, 7) is -0.362. The van der Waals surface area contributed by atoms with Gasteiger partial charge in [-0.25, -0.2) is 13.2 Å². The molecule has 2 heterocycles. The Balaban J connectivity index is 1.37. The summed E-state index contributed by atoms with van der Waals surface area (Å²) in [6.07, 6.45) is 0.884. The standard InChI is InChI=1S/C28H26N4O8S/c33-25-14-21(26(34)29-16-24(27(35)36)31-41(38,39)23-9-5-2-6-10-23)13-22-12-11-20(17-32(22)25)15-30-28(37)40-18-19-7-3-1-4-8-19/h1-14,17,24,31H,15-16,18H2,(H,29,34)(H,30,37)(H,35,36)/t24-/m0/s1. The third kappa shape index (κ3) is 7.77. The molecule has 0 bridgehead atoms. The maximum Gasteiger partial charge on any atom is 0.407 e. The number of aromatic nitrogens is 1. The molecule has 4 aromatic rings. The summed E-state index contributed by atoms with van der Waals surface area (Å²) in [7, 11) is -4.15. The van der Waals surface area contributed by atoms with Crippen molar-refractivity contribution in [3.63, 3.8) is 0 Å². The molecule has 0 aliphatic heterocycles. The molecule has 41 heavy (non-hydrogen) atoms. The molecule has 212 valence electrons. The Bertz CT molecular complexity index is 1720. The van der Waals surface area contributed by atoms with Gasteiger partial charge in [0.05, 0.1) is 4.90 Å². The predicted molar refractivity (Wildman–Crippen MR) is 148 cm³/mol. The number of pyridine rings is 2. The van der Waals surface area contributed by atoms with Crippen molar-refractivity contribution < 1.29 is 32.6 Å². The lowest BCUT2D eigenvalue weighted by Gasteiger charge is -2.16. The van der Waals surface area contributed by atoms with Crippen molar-refractivity contribution >= 4 is 33.5 Å². The van der Waals surface area contributed by atoms with Crippen LogP contribution in [0.25, 0.3) is 5.52 Å². The second kappa shape index (κ2) is 12.9. The zero-order chi connectivity index (χ0) is 29.4. The molecule has 0 fully saturated rings. The van der Waals surface area contributed by atoms with Gasteiger partial charge in [-0.1, -0.05) is 54.6 Å². The van der Waals surface area contributed by atoms with Crippen molar-refractivity contribution in [2.45, 2.75) is 24.1 Å². The van der Waals surface area contributed by atoms with E-state index in [1.807, 2.05) is 30.3 Å². The fraction of sp³-hybridized carbons (Fsp3) is 0.143. The largest absolute Gasteiger partial charge is 0.480 e. The van der Waals surface area contributed by atoms with E-state index in [1.165, 1.54) is 40.9 Å². The second-order valence-corrected chi connectivity index (χ2v) is 10.6. The molecular weight excluding hydrogens is 552 g/mol. The molecule has 0 saturated heterocycles. The number of carboxylic acid groups (broad SMARTS) is 1. The van der Waals surface area contributed by atoms with Gasteiger partial charge in [0.25, 0.3) is 11.5 Å². The molecule has 2 amide bonds. The number of ether oxygens (including phenoxy) is 1. The molecule has 4 rings (SSSR count). The van der Waals surface area contributed by atoms with Crippen molar-refractivity contribution in [1.29, 1.82) is 0 Å². The van der Waals surface area contributed by atoms with Crippen LogP contribution in [-0.4, -0.2) is 48.5 Å². The fourth-order valence-corrected chi connectivity index (χ4v) is 4.99. The fourth-order valence-electron chi connectivity index (χ4n) is 3.78. The summed E-state index contributed by atoms with van der Waals surface area (Å²) in [4.78, 5) is 49.0. The molecule has 0 aliphatic carbocycles. The van der Waals surface area contributed by atoms with Crippen LogP contribution < -0.4 is 20.9 Å². The topological polar surface area (TPSA) is 172 Å². The van der Waals surface area contributed by atoms with E-state index >= 15 is 0 Å². The average molecular weight is 579 g/mol. The Labute approximate surface area is 234 Å². The van der Waals surface area contributed by atoms with E-state index in [0.29, 0.717) is 11.1 Å². The van der Waals surface area contributed by atoms with Gasteiger partial charge >= 0.3 is 12.1 Å². The number of carboxylic acids is 1. The van der Waals surface area contributed by atoms with Crippen LogP contribution in [0.15, 0.2) is 101 Å². The van der Waals surface area contributed by atoms with E-state index in [0.717, 1.165) is 11.6 Å². The summed E-state index contributed by atoms with van der Waals surface area (Å²) >= 11 is 0. The molecule has 2 aromatic heterocycles. The number of alkyl carbamates (subject to hydrolysis) is 1. The first-order valence-corrected chi connectivity index (χ1v) is 13.8. The quantitative estimate of drug-likeness (QED) is 0.209. The summed E-state index contributed by atoms with van der Waals surface area (Å²) in [5.41, 5.74) is 1.23. The molecule has 0 saturated carbocycles. The Morgan fingerprint density at radius 1 is 0.878 bits per heavy atom. The van der Waals surface area contributed by atoms with E-state index in [2.05, 4.69) is 15.4 Å². The van der Waals surface area contributed by atoms with Gasteiger partial charge in [-0.3, -0.25) is 18.8 Å². The molecule has 2 aromatic carbocycles. The Morgan fingerprint density at radius 2 is 1.56 bits per heavy atom. The highest BCUT2D eigenvalue weighted by Crippen LogP contribution is 2.10. The molecule has 13 heteroatoms. The van der Waals surface area contributed by atoms with Gasteiger partial charge in [0.15, 0.2) is 0 Å². The van der Waals surface area contributed by atoms with Crippen LogP contribution in [0.4, 0.5) is 4.79 Å². The monoisotopic (exact) mass is 578 g/mol. The minimum atomic E-state index is -4.15. The van der Waals surface area contributed by atoms with Gasteiger partial charge in [-0.2, -0.15) is 4.72 Å². The van der Waals surface area contributed by atoms with Gasteiger partial charge in [0.1, 0.15) is 12.6 Å². The Kier molecular flexibility index (Phi) is 9.12. The number of aliphatic carboxylic acids is 1.